The number of hydrogen-bond donors (Lipinski definition) is 2. The molecule has 13 heavy (non-hydrogen) atoms. The molecule has 0 aliphatic rings. The van der Waals surface area contributed by atoms with Crippen molar-refractivity contribution in [2.75, 3.05) is 11.5 Å². The van der Waals surface area contributed by atoms with Gasteiger partial charge in [0.25, 0.3) is 0 Å². The Morgan fingerprint density at radius 3 is 2.62 bits per heavy atom. The van der Waals surface area contributed by atoms with E-state index in [1.54, 1.807) is 18.7 Å². The summed E-state index contributed by atoms with van der Waals surface area (Å²) in [4.78, 5) is 10.1. The van der Waals surface area contributed by atoms with Crippen molar-refractivity contribution in [3.8, 4) is 0 Å². The van der Waals surface area contributed by atoms with Crippen molar-refractivity contribution >= 4 is 17.7 Å². The van der Waals surface area contributed by atoms with Gasteiger partial charge in [0, 0.05) is 6.42 Å². The van der Waals surface area contributed by atoms with Gasteiger partial charge in [-0.15, -0.1) is 0 Å². The van der Waals surface area contributed by atoms with E-state index in [0.717, 1.165) is 30.8 Å². The van der Waals surface area contributed by atoms with Crippen LogP contribution in [0.3, 0.4) is 0 Å². The van der Waals surface area contributed by atoms with Gasteiger partial charge in [0.05, 0.1) is 6.10 Å². The monoisotopic (exact) mass is 206 g/mol. The number of thioether (sulfide) groups is 1. The summed E-state index contributed by atoms with van der Waals surface area (Å²) in [5.41, 5.74) is 0. The first-order chi connectivity index (χ1) is 6.13. The third-order valence-corrected chi connectivity index (χ3v) is 2.71. The number of aliphatic hydroxyl groups excluding tert-OH is 1. The Kier molecular flexibility index (Phi) is 8.24. The first-order valence-corrected chi connectivity index (χ1v) is 5.76. The molecule has 0 rings (SSSR count). The standard InChI is InChI=1S/C9H18O3S/c1-8(10)5-7-13-6-3-2-4-9(11)12/h8,10H,2-7H2,1H3,(H,11,12). The molecular formula is C9H18O3S. The second kappa shape index (κ2) is 8.38. The highest BCUT2D eigenvalue weighted by molar-refractivity contribution is 7.99. The maximum atomic E-state index is 10.1. The van der Waals surface area contributed by atoms with Gasteiger partial charge in [0.15, 0.2) is 0 Å². The molecule has 0 aromatic rings. The molecule has 0 aliphatic heterocycles. The number of carboxylic acid groups (broad SMARTS) is 1. The van der Waals surface area contributed by atoms with E-state index in [2.05, 4.69) is 0 Å². The smallest absolute Gasteiger partial charge is 0.303 e. The van der Waals surface area contributed by atoms with Crippen LogP contribution in [0.4, 0.5) is 0 Å². The lowest BCUT2D eigenvalue weighted by atomic mass is 10.2. The molecule has 0 saturated heterocycles. The number of carbonyl (C=O) groups is 1. The van der Waals surface area contributed by atoms with Crippen LogP contribution in [0.1, 0.15) is 32.6 Å². The second-order valence-corrected chi connectivity index (χ2v) is 4.33. The second-order valence-electron chi connectivity index (χ2n) is 3.10. The predicted molar refractivity (Wildman–Crippen MR) is 55.1 cm³/mol. The van der Waals surface area contributed by atoms with E-state index in [0.29, 0.717) is 0 Å². The zero-order chi connectivity index (χ0) is 10.1. The van der Waals surface area contributed by atoms with E-state index in [9.17, 15) is 4.79 Å². The van der Waals surface area contributed by atoms with Crippen molar-refractivity contribution in [3.05, 3.63) is 0 Å². The Labute approximate surface area is 83.5 Å². The zero-order valence-electron chi connectivity index (χ0n) is 8.03. The fourth-order valence-electron chi connectivity index (χ4n) is 0.836. The summed E-state index contributed by atoms with van der Waals surface area (Å²) < 4.78 is 0. The van der Waals surface area contributed by atoms with Crippen molar-refractivity contribution in [2.24, 2.45) is 0 Å². The van der Waals surface area contributed by atoms with Crippen molar-refractivity contribution < 1.29 is 15.0 Å². The van der Waals surface area contributed by atoms with Gasteiger partial charge in [-0.3, -0.25) is 4.79 Å². The molecule has 3 nitrogen and oxygen atoms in total. The van der Waals surface area contributed by atoms with Crippen LogP contribution in [-0.4, -0.2) is 33.8 Å². The minimum absolute atomic E-state index is 0.216. The third kappa shape index (κ3) is 11.8. The highest BCUT2D eigenvalue weighted by Gasteiger charge is 1.97. The zero-order valence-corrected chi connectivity index (χ0v) is 8.85. The van der Waals surface area contributed by atoms with Crippen molar-refractivity contribution in [3.63, 3.8) is 0 Å². The van der Waals surface area contributed by atoms with E-state index in [1.807, 2.05) is 0 Å². The third-order valence-electron chi connectivity index (χ3n) is 1.61. The van der Waals surface area contributed by atoms with Crippen LogP contribution in [-0.2, 0) is 4.79 Å². The van der Waals surface area contributed by atoms with Crippen LogP contribution >= 0.6 is 11.8 Å². The topological polar surface area (TPSA) is 57.5 Å². The molecule has 2 N–H and O–H groups in total. The maximum Gasteiger partial charge on any atom is 0.303 e. The van der Waals surface area contributed by atoms with Crippen LogP contribution in [0.15, 0.2) is 0 Å². The Hall–Kier alpha value is -0.220. The van der Waals surface area contributed by atoms with E-state index in [1.165, 1.54) is 0 Å². The average molecular weight is 206 g/mol. The van der Waals surface area contributed by atoms with Gasteiger partial charge in [0.2, 0.25) is 0 Å². The molecule has 0 aromatic carbocycles. The summed E-state index contributed by atoms with van der Waals surface area (Å²) >= 11 is 1.78. The molecule has 0 radical (unpaired) electrons. The van der Waals surface area contributed by atoms with Gasteiger partial charge in [-0.25, -0.2) is 0 Å². The number of hydrogen-bond acceptors (Lipinski definition) is 3. The van der Waals surface area contributed by atoms with Crippen LogP contribution < -0.4 is 0 Å². The quantitative estimate of drug-likeness (QED) is 0.594. The number of carboxylic acids is 1. The molecular weight excluding hydrogens is 188 g/mol. The number of rotatable bonds is 8. The summed E-state index contributed by atoms with van der Waals surface area (Å²) in [6, 6.07) is 0. The van der Waals surface area contributed by atoms with Crippen LogP contribution in [0.25, 0.3) is 0 Å². The van der Waals surface area contributed by atoms with Crippen LogP contribution in [0, 0.1) is 0 Å². The van der Waals surface area contributed by atoms with E-state index >= 15 is 0 Å². The van der Waals surface area contributed by atoms with Crippen molar-refractivity contribution in [2.45, 2.75) is 38.7 Å². The summed E-state index contributed by atoms with van der Waals surface area (Å²) in [5, 5.41) is 17.3. The Balaban J connectivity index is 2.96. The molecule has 78 valence electrons. The van der Waals surface area contributed by atoms with Gasteiger partial charge in [-0.1, -0.05) is 0 Å². The first kappa shape index (κ1) is 12.8. The Morgan fingerprint density at radius 2 is 2.08 bits per heavy atom. The minimum atomic E-state index is -0.714. The molecule has 1 atom stereocenters. The molecule has 0 amide bonds. The van der Waals surface area contributed by atoms with E-state index < -0.39 is 5.97 Å². The molecule has 0 aliphatic carbocycles. The average Bonchev–Trinajstić information content (AvgIpc) is 2.01. The van der Waals surface area contributed by atoms with E-state index in [-0.39, 0.29) is 12.5 Å². The van der Waals surface area contributed by atoms with Crippen molar-refractivity contribution in [1.82, 2.24) is 0 Å². The van der Waals surface area contributed by atoms with Gasteiger partial charge in [0.1, 0.15) is 0 Å². The van der Waals surface area contributed by atoms with Gasteiger partial charge >= 0.3 is 5.97 Å². The summed E-state index contributed by atoms with van der Waals surface area (Å²) in [5.74, 6) is 1.25. The number of unbranched alkanes of at least 4 members (excludes halogenated alkanes) is 1. The molecule has 1 unspecified atom stereocenters. The summed E-state index contributed by atoms with van der Waals surface area (Å²) in [6.07, 6.45) is 2.60. The predicted octanol–water partition coefficient (Wildman–Crippen LogP) is 1.75. The molecule has 0 fully saturated rings. The molecule has 4 heteroatoms. The first-order valence-electron chi connectivity index (χ1n) is 4.60. The molecule has 0 bridgehead atoms. The number of aliphatic carboxylic acids is 1. The van der Waals surface area contributed by atoms with Crippen LogP contribution in [0.5, 0.6) is 0 Å². The molecule has 0 heterocycles. The van der Waals surface area contributed by atoms with Crippen LogP contribution in [0.2, 0.25) is 0 Å². The largest absolute Gasteiger partial charge is 0.481 e. The number of aliphatic hydroxyl groups is 1. The van der Waals surface area contributed by atoms with Gasteiger partial charge in [-0.05, 0) is 37.7 Å². The summed E-state index contributed by atoms with van der Waals surface area (Å²) in [7, 11) is 0. The highest BCUT2D eigenvalue weighted by atomic mass is 32.2. The SMILES string of the molecule is CC(O)CCSCCCCC(=O)O. The maximum absolute atomic E-state index is 10.1. The molecule has 0 spiro atoms. The lowest BCUT2D eigenvalue weighted by Crippen LogP contribution is -2.01. The lowest BCUT2D eigenvalue weighted by Gasteiger charge is -2.02. The normalized spacial score (nSPS) is 12.8. The fraction of sp³-hybridized carbons (Fsp3) is 0.889. The molecule has 0 saturated carbocycles. The van der Waals surface area contributed by atoms with Crippen molar-refractivity contribution in [1.29, 1.82) is 0 Å². The fourth-order valence-corrected chi connectivity index (χ4v) is 1.96. The Morgan fingerprint density at radius 1 is 1.38 bits per heavy atom. The minimum Gasteiger partial charge on any atom is -0.481 e. The van der Waals surface area contributed by atoms with Gasteiger partial charge < -0.3 is 10.2 Å². The summed E-state index contributed by atoms with van der Waals surface area (Å²) in [6.45, 7) is 1.78. The molecule has 0 aromatic heterocycles. The van der Waals surface area contributed by atoms with Gasteiger partial charge in [-0.2, -0.15) is 11.8 Å². The Bertz CT molecular complexity index is 137. The van der Waals surface area contributed by atoms with E-state index in [4.69, 9.17) is 10.2 Å². The lowest BCUT2D eigenvalue weighted by molar-refractivity contribution is -0.137. The highest BCUT2D eigenvalue weighted by Crippen LogP contribution is 2.08.